The lowest BCUT2D eigenvalue weighted by atomic mass is 10.1. The van der Waals surface area contributed by atoms with Crippen LogP contribution >= 0.6 is 0 Å². The first-order valence-electron chi connectivity index (χ1n) is 5.64. The standard InChI is InChI=1S/C11H14N4O3/c1-7-4-10(13-5-9(7)15(17)18)14-3-2-8(6-14)11(12)16/h4-5,8H,2-3,6H2,1H3,(H2,12,16). The van der Waals surface area contributed by atoms with Crippen LogP contribution in [-0.2, 0) is 4.79 Å². The lowest BCUT2D eigenvalue weighted by molar-refractivity contribution is -0.385. The normalized spacial score (nSPS) is 18.9. The molecule has 1 amide bonds. The van der Waals surface area contributed by atoms with E-state index in [9.17, 15) is 14.9 Å². The minimum Gasteiger partial charge on any atom is -0.369 e. The Morgan fingerprint density at radius 2 is 2.39 bits per heavy atom. The second-order valence-corrected chi connectivity index (χ2v) is 4.42. The number of anilines is 1. The second-order valence-electron chi connectivity index (χ2n) is 4.42. The molecule has 1 aromatic rings. The van der Waals surface area contributed by atoms with Gasteiger partial charge in [0.15, 0.2) is 0 Å². The first-order chi connectivity index (χ1) is 8.49. The first-order valence-corrected chi connectivity index (χ1v) is 5.64. The zero-order chi connectivity index (χ0) is 13.3. The van der Waals surface area contributed by atoms with Crippen molar-refractivity contribution in [2.75, 3.05) is 18.0 Å². The molecule has 1 aromatic heterocycles. The van der Waals surface area contributed by atoms with Crippen LogP contribution < -0.4 is 10.6 Å². The molecule has 2 heterocycles. The highest BCUT2D eigenvalue weighted by molar-refractivity contribution is 5.78. The third-order valence-corrected chi connectivity index (χ3v) is 3.18. The third-order valence-electron chi connectivity index (χ3n) is 3.18. The van der Waals surface area contributed by atoms with Crippen molar-refractivity contribution in [2.24, 2.45) is 11.7 Å². The van der Waals surface area contributed by atoms with Crippen molar-refractivity contribution in [1.82, 2.24) is 4.98 Å². The smallest absolute Gasteiger partial charge is 0.290 e. The summed E-state index contributed by atoms with van der Waals surface area (Å²) in [6, 6.07) is 1.67. The summed E-state index contributed by atoms with van der Waals surface area (Å²) in [5.74, 6) is 0.181. The van der Waals surface area contributed by atoms with Crippen LogP contribution in [0.25, 0.3) is 0 Å². The molecular formula is C11H14N4O3. The minimum absolute atomic E-state index is 0.00407. The van der Waals surface area contributed by atoms with E-state index < -0.39 is 4.92 Å². The number of hydrogen-bond acceptors (Lipinski definition) is 5. The van der Waals surface area contributed by atoms with Gasteiger partial charge in [-0.05, 0) is 19.4 Å². The summed E-state index contributed by atoms with van der Waals surface area (Å²) in [6.07, 6.45) is 1.95. The molecule has 2 N–H and O–H groups in total. The Morgan fingerprint density at radius 3 is 2.89 bits per heavy atom. The van der Waals surface area contributed by atoms with E-state index in [1.165, 1.54) is 6.20 Å². The fourth-order valence-corrected chi connectivity index (χ4v) is 2.10. The number of amides is 1. The van der Waals surface area contributed by atoms with Crippen LogP contribution in [0, 0.1) is 23.0 Å². The molecule has 0 radical (unpaired) electrons. The van der Waals surface area contributed by atoms with Gasteiger partial charge in [0.05, 0.1) is 10.8 Å². The lowest BCUT2D eigenvalue weighted by Gasteiger charge is -2.17. The van der Waals surface area contributed by atoms with E-state index in [0.717, 1.165) is 0 Å². The molecule has 96 valence electrons. The fourth-order valence-electron chi connectivity index (χ4n) is 2.10. The van der Waals surface area contributed by atoms with Crippen LogP contribution in [0.2, 0.25) is 0 Å². The van der Waals surface area contributed by atoms with E-state index in [1.807, 2.05) is 4.90 Å². The largest absolute Gasteiger partial charge is 0.369 e. The number of pyridine rings is 1. The number of hydrogen-bond donors (Lipinski definition) is 1. The van der Waals surface area contributed by atoms with Crippen LogP contribution in [0.1, 0.15) is 12.0 Å². The summed E-state index contributed by atoms with van der Waals surface area (Å²) in [5.41, 5.74) is 5.82. The zero-order valence-corrected chi connectivity index (χ0v) is 10.00. The average Bonchev–Trinajstić information content (AvgIpc) is 2.77. The van der Waals surface area contributed by atoms with Crippen molar-refractivity contribution in [1.29, 1.82) is 0 Å². The van der Waals surface area contributed by atoms with Crippen molar-refractivity contribution in [2.45, 2.75) is 13.3 Å². The van der Waals surface area contributed by atoms with Crippen molar-refractivity contribution in [3.8, 4) is 0 Å². The second kappa shape index (κ2) is 4.59. The molecular weight excluding hydrogens is 236 g/mol. The molecule has 0 aromatic carbocycles. The number of nitrogens with zero attached hydrogens (tertiary/aromatic N) is 3. The first kappa shape index (κ1) is 12.3. The van der Waals surface area contributed by atoms with E-state index in [0.29, 0.717) is 30.9 Å². The lowest BCUT2D eigenvalue weighted by Crippen LogP contribution is -2.27. The molecule has 7 nitrogen and oxygen atoms in total. The quantitative estimate of drug-likeness (QED) is 0.625. The molecule has 1 aliphatic heterocycles. The zero-order valence-electron chi connectivity index (χ0n) is 10.00. The topological polar surface area (TPSA) is 102 Å². The van der Waals surface area contributed by atoms with Crippen molar-refractivity contribution >= 4 is 17.4 Å². The maximum atomic E-state index is 11.1. The molecule has 0 aliphatic carbocycles. The van der Waals surface area contributed by atoms with Gasteiger partial charge in [0.2, 0.25) is 5.91 Å². The number of carbonyl (C=O) groups excluding carboxylic acids is 1. The summed E-state index contributed by atoms with van der Waals surface area (Å²) in [7, 11) is 0. The van der Waals surface area contributed by atoms with E-state index >= 15 is 0 Å². The van der Waals surface area contributed by atoms with Gasteiger partial charge in [-0.25, -0.2) is 4.98 Å². The van der Waals surface area contributed by atoms with Crippen molar-refractivity contribution < 1.29 is 9.72 Å². The molecule has 1 fully saturated rings. The van der Waals surface area contributed by atoms with E-state index in [1.54, 1.807) is 13.0 Å². The number of nitro groups is 1. The Labute approximate surface area is 104 Å². The van der Waals surface area contributed by atoms with Gasteiger partial charge in [-0.1, -0.05) is 0 Å². The van der Waals surface area contributed by atoms with Gasteiger partial charge in [-0.3, -0.25) is 14.9 Å². The summed E-state index contributed by atoms with van der Waals surface area (Å²) < 4.78 is 0. The van der Waals surface area contributed by atoms with E-state index in [2.05, 4.69) is 4.98 Å². The minimum atomic E-state index is -0.456. The van der Waals surface area contributed by atoms with Crippen LogP contribution in [0.4, 0.5) is 11.5 Å². The number of aromatic nitrogens is 1. The highest BCUT2D eigenvalue weighted by Crippen LogP contribution is 2.25. The average molecular weight is 250 g/mol. The predicted molar refractivity (Wildman–Crippen MR) is 65.1 cm³/mol. The summed E-state index contributed by atoms with van der Waals surface area (Å²) in [4.78, 5) is 27.3. The SMILES string of the molecule is Cc1cc(N2CCC(C(N)=O)C2)ncc1[N+](=O)[O-]. The van der Waals surface area contributed by atoms with Gasteiger partial charge in [-0.15, -0.1) is 0 Å². The maximum absolute atomic E-state index is 11.1. The maximum Gasteiger partial charge on any atom is 0.290 e. The predicted octanol–water partition coefficient (Wildman–Crippen LogP) is 0.610. The highest BCUT2D eigenvalue weighted by atomic mass is 16.6. The molecule has 1 atom stereocenters. The Kier molecular flexibility index (Phi) is 3.14. The van der Waals surface area contributed by atoms with Gasteiger partial charge in [-0.2, -0.15) is 0 Å². The molecule has 2 rings (SSSR count). The van der Waals surface area contributed by atoms with Crippen molar-refractivity contribution in [3.63, 3.8) is 0 Å². The third kappa shape index (κ3) is 2.24. The number of rotatable bonds is 3. The fraction of sp³-hybridized carbons (Fsp3) is 0.455. The number of carbonyl (C=O) groups is 1. The molecule has 1 unspecified atom stereocenters. The van der Waals surface area contributed by atoms with E-state index in [-0.39, 0.29) is 17.5 Å². The van der Waals surface area contributed by atoms with E-state index in [4.69, 9.17) is 5.73 Å². The van der Waals surface area contributed by atoms with Crippen LogP contribution in [0.15, 0.2) is 12.3 Å². The van der Waals surface area contributed by atoms with Gasteiger partial charge < -0.3 is 10.6 Å². The van der Waals surface area contributed by atoms with Gasteiger partial charge in [0.25, 0.3) is 5.69 Å². The molecule has 0 bridgehead atoms. The summed E-state index contributed by atoms with van der Waals surface area (Å²) in [5, 5.41) is 10.7. The number of primary amides is 1. The molecule has 1 aliphatic rings. The highest BCUT2D eigenvalue weighted by Gasteiger charge is 2.28. The Balaban J connectivity index is 2.18. The summed E-state index contributed by atoms with van der Waals surface area (Å²) >= 11 is 0. The molecule has 0 saturated carbocycles. The summed E-state index contributed by atoms with van der Waals surface area (Å²) in [6.45, 7) is 2.89. The van der Waals surface area contributed by atoms with Gasteiger partial charge in [0, 0.05) is 18.7 Å². The van der Waals surface area contributed by atoms with Crippen molar-refractivity contribution in [3.05, 3.63) is 27.9 Å². The van der Waals surface area contributed by atoms with Crippen LogP contribution in [0.3, 0.4) is 0 Å². The van der Waals surface area contributed by atoms with Crippen LogP contribution in [-0.4, -0.2) is 28.9 Å². The van der Waals surface area contributed by atoms with Gasteiger partial charge >= 0.3 is 0 Å². The molecule has 18 heavy (non-hydrogen) atoms. The van der Waals surface area contributed by atoms with Crippen LogP contribution in [0.5, 0.6) is 0 Å². The molecule has 0 spiro atoms. The number of aryl methyl sites for hydroxylation is 1. The molecule has 7 heteroatoms. The molecule has 1 saturated heterocycles. The number of nitrogens with two attached hydrogens (primary N) is 1. The Bertz CT molecular complexity index is 503. The Hall–Kier alpha value is -2.18. The van der Waals surface area contributed by atoms with Gasteiger partial charge in [0.1, 0.15) is 12.0 Å². The Morgan fingerprint density at radius 1 is 1.67 bits per heavy atom. The monoisotopic (exact) mass is 250 g/mol.